The molecule has 152 valence electrons. The summed E-state index contributed by atoms with van der Waals surface area (Å²) in [6.07, 6.45) is 0.0384. The van der Waals surface area contributed by atoms with Crippen LogP contribution in [0.1, 0.15) is 6.42 Å². The lowest BCUT2D eigenvalue weighted by atomic mass is 10.2. The number of ether oxygens (including phenoxy) is 1. The van der Waals surface area contributed by atoms with Gasteiger partial charge in [-0.25, -0.2) is 4.79 Å². The summed E-state index contributed by atoms with van der Waals surface area (Å²) in [5.41, 5.74) is 0.495. The number of hydrogen-bond acceptors (Lipinski definition) is 6. The van der Waals surface area contributed by atoms with Gasteiger partial charge in [-0.2, -0.15) is 4.68 Å². The van der Waals surface area contributed by atoms with Crippen molar-refractivity contribution in [1.82, 2.24) is 9.78 Å². The molecule has 0 saturated heterocycles. The molecule has 4 aromatic rings. The van der Waals surface area contributed by atoms with Crippen LogP contribution in [0.2, 0.25) is 5.02 Å². The van der Waals surface area contributed by atoms with E-state index in [-0.39, 0.29) is 24.8 Å². The molecule has 7 nitrogen and oxygen atoms in total. The Balaban J connectivity index is 1.42. The topological polar surface area (TPSA) is 86.4 Å². The summed E-state index contributed by atoms with van der Waals surface area (Å²) in [6.45, 7) is 0.0904. The van der Waals surface area contributed by atoms with E-state index in [1.807, 2.05) is 23.6 Å². The van der Waals surface area contributed by atoms with E-state index in [4.69, 9.17) is 20.8 Å². The lowest BCUT2D eigenvalue weighted by Gasteiger charge is -2.13. The molecule has 0 fully saturated rings. The van der Waals surface area contributed by atoms with Crippen LogP contribution in [0.5, 0.6) is 11.5 Å². The molecule has 0 spiro atoms. The van der Waals surface area contributed by atoms with Crippen LogP contribution in [0.25, 0.3) is 10.8 Å². The average molecular weight is 442 g/mol. The summed E-state index contributed by atoms with van der Waals surface area (Å²) in [6, 6.07) is 17.8. The first-order valence-electron chi connectivity index (χ1n) is 9.03. The number of halogens is 1. The van der Waals surface area contributed by atoms with Crippen LogP contribution in [0.4, 0.5) is 5.69 Å². The number of benzene rings is 2. The van der Waals surface area contributed by atoms with Crippen LogP contribution in [0, 0.1) is 0 Å². The smallest absolute Gasteiger partial charge is 0.437 e. The van der Waals surface area contributed by atoms with Gasteiger partial charge in [0.2, 0.25) is 5.91 Å². The van der Waals surface area contributed by atoms with Crippen LogP contribution >= 0.6 is 22.9 Å². The van der Waals surface area contributed by atoms with Gasteiger partial charge in [-0.15, -0.1) is 16.4 Å². The van der Waals surface area contributed by atoms with E-state index in [0.717, 1.165) is 9.56 Å². The quantitative estimate of drug-likeness (QED) is 0.434. The molecule has 2 aromatic carbocycles. The Morgan fingerprint density at radius 1 is 1.10 bits per heavy atom. The second-order valence-corrected chi connectivity index (χ2v) is 7.56. The number of rotatable bonds is 7. The normalized spacial score (nSPS) is 10.7. The molecular formula is C21H16ClN3O4S. The number of thiophene rings is 1. The van der Waals surface area contributed by atoms with Crippen molar-refractivity contribution >= 4 is 34.5 Å². The van der Waals surface area contributed by atoms with Crippen molar-refractivity contribution in [3.05, 3.63) is 81.6 Å². The van der Waals surface area contributed by atoms with E-state index in [1.54, 1.807) is 42.5 Å². The zero-order valence-electron chi connectivity index (χ0n) is 15.6. The number of anilines is 1. The van der Waals surface area contributed by atoms with E-state index in [2.05, 4.69) is 10.4 Å². The molecule has 1 amide bonds. The molecule has 2 aromatic heterocycles. The van der Waals surface area contributed by atoms with Gasteiger partial charge < -0.3 is 14.5 Å². The molecule has 1 N–H and O–H groups in total. The van der Waals surface area contributed by atoms with Crippen molar-refractivity contribution in [3.63, 3.8) is 0 Å². The van der Waals surface area contributed by atoms with Gasteiger partial charge in [0.15, 0.2) is 5.75 Å². The Hall–Kier alpha value is -3.36. The van der Waals surface area contributed by atoms with Gasteiger partial charge in [0.25, 0.3) is 5.89 Å². The van der Waals surface area contributed by atoms with Crippen molar-refractivity contribution in [2.24, 2.45) is 0 Å². The minimum Gasteiger partial charge on any atom is -0.454 e. The highest BCUT2D eigenvalue weighted by Crippen LogP contribution is 2.33. The lowest BCUT2D eigenvalue weighted by Crippen LogP contribution is -2.21. The number of nitrogens with zero attached hydrogens (tertiary/aromatic N) is 2. The minimum absolute atomic E-state index is 0.0384. The molecule has 0 aliphatic heterocycles. The Bertz CT molecular complexity index is 1220. The third-order valence-corrected chi connectivity index (χ3v) is 5.28. The standard InChI is InChI=1S/C21H16ClN3O4S/c22-14-6-1-3-8-16(14)28-17-9-4-2-7-15(17)23-19(26)11-12-25-21(27)29-20(24-25)18-10-5-13-30-18/h1-10,13H,11-12H2,(H,23,26). The number of nitrogens with one attached hydrogen (secondary N) is 1. The summed E-state index contributed by atoms with van der Waals surface area (Å²) in [5, 5.41) is 9.27. The SMILES string of the molecule is O=C(CCn1nc(-c2cccs2)oc1=O)Nc1ccccc1Oc1ccccc1Cl. The van der Waals surface area contributed by atoms with Crippen molar-refractivity contribution in [2.45, 2.75) is 13.0 Å². The van der Waals surface area contributed by atoms with E-state index < -0.39 is 5.76 Å². The Labute approximate surface area is 180 Å². The Morgan fingerprint density at radius 2 is 1.87 bits per heavy atom. The molecule has 2 heterocycles. The highest BCUT2D eigenvalue weighted by Gasteiger charge is 2.14. The molecular weight excluding hydrogens is 426 g/mol. The fourth-order valence-corrected chi connectivity index (χ4v) is 3.49. The van der Waals surface area contributed by atoms with Crippen molar-refractivity contribution < 1.29 is 13.9 Å². The van der Waals surface area contributed by atoms with Gasteiger partial charge in [-0.05, 0) is 35.7 Å². The monoisotopic (exact) mass is 441 g/mol. The lowest BCUT2D eigenvalue weighted by molar-refractivity contribution is -0.116. The van der Waals surface area contributed by atoms with Crippen LogP contribution < -0.4 is 15.8 Å². The Kier molecular flexibility index (Phi) is 5.97. The fourth-order valence-electron chi connectivity index (χ4n) is 2.67. The van der Waals surface area contributed by atoms with Gasteiger partial charge >= 0.3 is 5.76 Å². The molecule has 0 atom stereocenters. The molecule has 30 heavy (non-hydrogen) atoms. The average Bonchev–Trinajstić information content (AvgIpc) is 3.39. The molecule has 0 unspecified atom stereocenters. The van der Waals surface area contributed by atoms with Crippen molar-refractivity contribution in [3.8, 4) is 22.3 Å². The Morgan fingerprint density at radius 3 is 2.63 bits per heavy atom. The summed E-state index contributed by atoms with van der Waals surface area (Å²) in [7, 11) is 0. The highest BCUT2D eigenvalue weighted by atomic mass is 35.5. The van der Waals surface area contributed by atoms with Gasteiger partial charge in [-0.1, -0.05) is 41.9 Å². The summed E-state index contributed by atoms with van der Waals surface area (Å²) in [4.78, 5) is 25.2. The molecule has 0 saturated carbocycles. The van der Waals surface area contributed by atoms with Gasteiger partial charge in [0, 0.05) is 6.42 Å². The fraction of sp³-hybridized carbons (Fsp3) is 0.0952. The predicted octanol–water partition coefficient (Wildman–Crippen LogP) is 5.04. The number of aryl methyl sites for hydroxylation is 1. The number of para-hydroxylation sites is 3. The maximum atomic E-state index is 12.4. The first-order valence-corrected chi connectivity index (χ1v) is 10.3. The number of carbonyl (C=O) groups is 1. The molecule has 4 rings (SSSR count). The van der Waals surface area contributed by atoms with E-state index in [1.165, 1.54) is 11.3 Å². The van der Waals surface area contributed by atoms with E-state index in [0.29, 0.717) is 22.2 Å². The van der Waals surface area contributed by atoms with E-state index >= 15 is 0 Å². The first kappa shape index (κ1) is 19.9. The first-order chi connectivity index (χ1) is 14.6. The number of amides is 1. The maximum absolute atomic E-state index is 12.4. The summed E-state index contributed by atoms with van der Waals surface area (Å²) >= 11 is 7.56. The highest BCUT2D eigenvalue weighted by molar-refractivity contribution is 7.13. The molecule has 0 aliphatic carbocycles. The number of aromatic nitrogens is 2. The van der Waals surface area contributed by atoms with E-state index in [9.17, 15) is 9.59 Å². The largest absolute Gasteiger partial charge is 0.454 e. The molecule has 0 aliphatic rings. The minimum atomic E-state index is -0.603. The van der Waals surface area contributed by atoms with Crippen LogP contribution in [-0.2, 0) is 11.3 Å². The van der Waals surface area contributed by atoms with Crippen molar-refractivity contribution in [2.75, 3.05) is 5.32 Å². The summed E-state index contributed by atoms with van der Waals surface area (Å²) < 4.78 is 12.1. The van der Waals surface area contributed by atoms with Crippen LogP contribution in [0.3, 0.4) is 0 Å². The third kappa shape index (κ3) is 4.61. The zero-order chi connectivity index (χ0) is 20.9. The number of carbonyl (C=O) groups excluding carboxylic acids is 1. The second kappa shape index (κ2) is 8.98. The zero-order valence-corrected chi connectivity index (χ0v) is 17.2. The van der Waals surface area contributed by atoms with Crippen molar-refractivity contribution in [1.29, 1.82) is 0 Å². The van der Waals surface area contributed by atoms with Gasteiger partial charge in [0.05, 0.1) is 22.1 Å². The molecule has 9 heteroatoms. The summed E-state index contributed by atoms with van der Waals surface area (Å²) in [5.74, 6) is 0.286. The molecule has 0 radical (unpaired) electrons. The second-order valence-electron chi connectivity index (χ2n) is 6.20. The maximum Gasteiger partial charge on any atom is 0.437 e. The third-order valence-electron chi connectivity index (χ3n) is 4.11. The predicted molar refractivity (Wildman–Crippen MR) is 115 cm³/mol. The molecule has 0 bridgehead atoms. The van der Waals surface area contributed by atoms with Crippen LogP contribution in [-0.4, -0.2) is 15.7 Å². The van der Waals surface area contributed by atoms with Gasteiger partial charge in [-0.3, -0.25) is 4.79 Å². The number of hydrogen-bond donors (Lipinski definition) is 1. The van der Waals surface area contributed by atoms with Crippen LogP contribution in [0.15, 0.2) is 75.3 Å². The van der Waals surface area contributed by atoms with Gasteiger partial charge in [0.1, 0.15) is 5.75 Å².